The molecule has 1 aromatic heterocycles. The van der Waals surface area contributed by atoms with Crippen molar-refractivity contribution in [2.45, 2.75) is 19.3 Å². The highest BCUT2D eigenvalue weighted by Gasteiger charge is 2.21. The summed E-state index contributed by atoms with van der Waals surface area (Å²) in [4.78, 5) is 8.41. The molecular weight excluding hydrogens is 178 g/mol. The monoisotopic (exact) mass is 193 g/mol. The van der Waals surface area contributed by atoms with Gasteiger partial charge in [0.2, 0.25) is 5.88 Å². The molecule has 0 aliphatic carbocycles. The molecule has 1 aliphatic rings. The Balaban J connectivity index is 2.32. The van der Waals surface area contributed by atoms with Gasteiger partial charge in [-0.2, -0.15) is 0 Å². The number of hydrogen-bond acceptors (Lipinski definition) is 4. The third-order valence-corrected chi connectivity index (χ3v) is 2.72. The summed E-state index contributed by atoms with van der Waals surface area (Å²) in [6, 6.07) is 0. The van der Waals surface area contributed by atoms with E-state index in [1.54, 1.807) is 13.4 Å². The molecule has 0 radical (unpaired) electrons. The van der Waals surface area contributed by atoms with Crippen LogP contribution in [0, 0.1) is 6.92 Å². The van der Waals surface area contributed by atoms with Crippen LogP contribution in [0.4, 0.5) is 0 Å². The quantitative estimate of drug-likeness (QED) is 0.757. The predicted molar refractivity (Wildman–Crippen MR) is 53.5 cm³/mol. The van der Waals surface area contributed by atoms with Crippen molar-refractivity contribution in [1.29, 1.82) is 0 Å². The molecule has 1 aliphatic heterocycles. The van der Waals surface area contributed by atoms with Gasteiger partial charge in [-0.1, -0.05) is 0 Å². The molecule has 2 heterocycles. The van der Waals surface area contributed by atoms with Crippen molar-refractivity contribution in [2.24, 2.45) is 0 Å². The molecule has 1 N–H and O–H groups in total. The van der Waals surface area contributed by atoms with E-state index in [2.05, 4.69) is 15.3 Å². The topological polar surface area (TPSA) is 47.0 Å². The number of rotatable bonds is 2. The number of nitrogens with zero attached hydrogens (tertiary/aromatic N) is 2. The van der Waals surface area contributed by atoms with Crippen molar-refractivity contribution >= 4 is 0 Å². The lowest BCUT2D eigenvalue weighted by Crippen LogP contribution is -2.10. The van der Waals surface area contributed by atoms with Crippen molar-refractivity contribution in [3.05, 3.63) is 17.6 Å². The lowest BCUT2D eigenvalue weighted by Gasteiger charge is -2.12. The predicted octanol–water partition coefficient (Wildman–Crippen LogP) is 0.871. The Kier molecular flexibility index (Phi) is 2.63. The van der Waals surface area contributed by atoms with Gasteiger partial charge in [0.15, 0.2) is 0 Å². The minimum Gasteiger partial charge on any atom is -0.481 e. The smallest absolute Gasteiger partial charge is 0.219 e. The first kappa shape index (κ1) is 9.40. The Morgan fingerprint density at radius 2 is 2.36 bits per heavy atom. The first-order valence-electron chi connectivity index (χ1n) is 4.89. The van der Waals surface area contributed by atoms with Crippen molar-refractivity contribution in [3.63, 3.8) is 0 Å². The fraction of sp³-hybridized carbons (Fsp3) is 0.600. The summed E-state index contributed by atoms with van der Waals surface area (Å²) < 4.78 is 5.17. The molecule has 0 saturated carbocycles. The number of methoxy groups -OCH3 is 1. The minimum absolute atomic E-state index is 0.520. The number of ether oxygens (including phenoxy) is 1. The Hall–Kier alpha value is -1.16. The van der Waals surface area contributed by atoms with E-state index < -0.39 is 0 Å². The Morgan fingerprint density at radius 3 is 3.00 bits per heavy atom. The largest absolute Gasteiger partial charge is 0.481 e. The van der Waals surface area contributed by atoms with E-state index >= 15 is 0 Å². The molecule has 4 nitrogen and oxygen atoms in total. The van der Waals surface area contributed by atoms with E-state index in [1.807, 2.05) is 6.92 Å². The number of hydrogen-bond donors (Lipinski definition) is 1. The van der Waals surface area contributed by atoms with E-state index in [1.165, 1.54) is 0 Å². The summed E-state index contributed by atoms with van der Waals surface area (Å²) in [7, 11) is 1.64. The van der Waals surface area contributed by atoms with Crippen LogP contribution in [-0.4, -0.2) is 30.2 Å². The standard InChI is InChI=1S/C10H15N3O/c1-7-9(8-3-4-11-5-8)12-6-13-10(7)14-2/h6,8,11H,3-5H2,1-2H3. The van der Waals surface area contributed by atoms with Crippen LogP contribution in [0.3, 0.4) is 0 Å². The van der Waals surface area contributed by atoms with Gasteiger partial charge >= 0.3 is 0 Å². The highest BCUT2D eigenvalue weighted by Crippen LogP contribution is 2.26. The van der Waals surface area contributed by atoms with Crippen LogP contribution in [0.1, 0.15) is 23.6 Å². The molecule has 1 fully saturated rings. The van der Waals surface area contributed by atoms with Gasteiger partial charge in [-0.25, -0.2) is 9.97 Å². The number of nitrogens with one attached hydrogen (secondary N) is 1. The van der Waals surface area contributed by atoms with Crippen molar-refractivity contribution in [2.75, 3.05) is 20.2 Å². The van der Waals surface area contributed by atoms with E-state index in [0.717, 1.165) is 30.8 Å². The third kappa shape index (κ3) is 1.57. The van der Waals surface area contributed by atoms with E-state index in [-0.39, 0.29) is 0 Å². The maximum Gasteiger partial charge on any atom is 0.219 e. The lowest BCUT2D eigenvalue weighted by atomic mass is 10.0. The zero-order chi connectivity index (χ0) is 9.97. The summed E-state index contributed by atoms with van der Waals surface area (Å²) >= 11 is 0. The van der Waals surface area contributed by atoms with Crippen LogP contribution in [0.5, 0.6) is 5.88 Å². The highest BCUT2D eigenvalue weighted by molar-refractivity contribution is 5.31. The molecular formula is C10H15N3O. The van der Waals surface area contributed by atoms with E-state index in [4.69, 9.17) is 4.74 Å². The zero-order valence-electron chi connectivity index (χ0n) is 8.58. The molecule has 0 aromatic carbocycles. The SMILES string of the molecule is COc1ncnc(C2CCNC2)c1C. The molecule has 0 bridgehead atoms. The summed E-state index contributed by atoms with van der Waals surface area (Å²) in [6.07, 6.45) is 2.74. The van der Waals surface area contributed by atoms with Crippen LogP contribution in [-0.2, 0) is 0 Å². The first-order valence-corrected chi connectivity index (χ1v) is 4.89. The van der Waals surface area contributed by atoms with Gasteiger partial charge in [-0.05, 0) is 19.9 Å². The maximum absolute atomic E-state index is 5.17. The van der Waals surface area contributed by atoms with Gasteiger partial charge in [0.05, 0.1) is 12.8 Å². The van der Waals surface area contributed by atoms with Crippen LogP contribution >= 0.6 is 0 Å². The van der Waals surface area contributed by atoms with Crippen molar-refractivity contribution in [3.8, 4) is 5.88 Å². The summed E-state index contributed by atoms with van der Waals surface area (Å²) in [5.74, 6) is 1.22. The fourth-order valence-electron chi connectivity index (χ4n) is 1.95. The first-order chi connectivity index (χ1) is 6.83. The molecule has 76 valence electrons. The van der Waals surface area contributed by atoms with Crippen molar-refractivity contribution in [1.82, 2.24) is 15.3 Å². The number of aromatic nitrogens is 2. The molecule has 14 heavy (non-hydrogen) atoms. The zero-order valence-corrected chi connectivity index (χ0v) is 8.58. The van der Waals surface area contributed by atoms with Gasteiger partial charge in [0.1, 0.15) is 6.33 Å². The highest BCUT2D eigenvalue weighted by atomic mass is 16.5. The van der Waals surface area contributed by atoms with E-state index in [0.29, 0.717) is 11.8 Å². The van der Waals surface area contributed by atoms with Gasteiger partial charge in [-0.15, -0.1) is 0 Å². The van der Waals surface area contributed by atoms with E-state index in [9.17, 15) is 0 Å². The van der Waals surface area contributed by atoms with Gasteiger partial charge in [0, 0.05) is 18.0 Å². The van der Waals surface area contributed by atoms with Crippen molar-refractivity contribution < 1.29 is 4.74 Å². The average molecular weight is 193 g/mol. The van der Waals surface area contributed by atoms with Crippen LogP contribution in [0.15, 0.2) is 6.33 Å². The van der Waals surface area contributed by atoms with Crippen LogP contribution < -0.4 is 10.1 Å². The Bertz CT molecular complexity index is 321. The molecule has 1 atom stereocenters. The summed E-state index contributed by atoms with van der Waals surface area (Å²) in [5, 5.41) is 3.33. The molecule has 0 amide bonds. The average Bonchev–Trinajstić information content (AvgIpc) is 2.71. The second kappa shape index (κ2) is 3.92. The van der Waals surface area contributed by atoms with Gasteiger partial charge in [-0.3, -0.25) is 0 Å². The molecule has 1 unspecified atom stereocenters. The summed E-state index contributed by atoms with van der Waals surface area (Å²) in [6.45, 7) is 4.11. The molecule has 1 aromatic rings. The van der Waals surface area contributed by atoms with Crippen LogP contribution in [0.2, 0.25) is 0 Å². The van der Waals surface area contributed by atoms with Crippen LogP contribution in [0.25, 0.3) is 0 Å². The Labute approximate surface area is 83.7 Å². The second-order valence-electron chi connectivity index (χ2n) is 3.58. The molecule has 2 rings (SSSR count). The Morgan fingerprint density at radius 1 is 1.50 bits per heavy atom. The molecule has 4 heteroatoms. The third-order valence-electron chi connectivity index (χ3n) is 2.72. The lowest BCUT2D eigenvalue weighted by molar-refractivity contribution is 0.391. The van der Waals surface area contributed by atoms with Gasteiger partial charge < -0.3 is 10.1 Å². The van der Waals surface area contributed by atoms with Gasteiger partial charge in [0.25, 0.3) is 0 Å². The molecule has 0 spiro atoms. The maximum atomic E-state index is 5.17. The minimum atomic E-state index is 0.520. The second-order valence-corrected chi connectivity index (χ2v) is 3.58. The molecule has 1 saturated heterocycles. The fourth-order valence-corrected chi connectivity index (χ4v) is 1.95. The normalized spacial score (nSPS) is 21.1. The summed E-state index contributed by atoms with van der Waals surface area (Å²) in [5.41, 5.74) is 2.20.